The van der Waals surface area contributed by atoms with Crippen molar-refractivity contribution in [2.24, 2.45) is 0 Å². The van der Waals surface area contributed by atoms with E-state index in [1.807, 2.05) is 6.07 Å². The van der Waals surface area contributed by atoms with Crippen LogP contribution in [0.5, 0.6) is 0 Å². The van der Waals surface area contributed by atoms with Crippen molar-refractivity contribution in [1.82, 2.24) is 14.5 Å². The summed E-state index contributed by atoms with van der Waals surface area (Å²) in [4.78, 5) is 8.79. The fourth-order valence-corrected chi connectivity index (χ4v) is 2.82. The minimum absolute atomic E-state index is 0.485. The molecule has 1 saturated carbocycles. The van der Waals surface area contributed by atoms with Crippen molar-refractivity contribution >= 4 is 33.0 Å². The van der Waals surface area contributed by atoms with Gasteiger partial charge in [-0.1, -0.05) is 12.8 Å². The van der Waals surface area contributed by atoms with Gasteiger partial charge in [-0.2, -0.15) is 0 Å². The number of nitrogen functional groups attached to an aromatic ring is 1. The van der Waals surface area contributed by atoms with Gasteiger partial charge < -0.3 is 5.73 Å². The zero-order valence-electron chi connectivity index (χ0n) is 8.86. The Morgan fingerprint density at radius 2 is 2.12 bits per heavy atom. The second kappa shape index (κ2) is 3.73. The lowest BCUT2D eigenvalue weighted by atomic mass is 10.2. The minimum atomic E-state index is 0.485. The molecule has 0 spiro atoms. The highest BCUT2D eigenvalue weighted by Gasteiger charge is 2.22. The average Bonchev–Trinajstić information content (AvgIpc) is 2.83. The van der Waals surface area contributed by atoms with Gasteiger partial charge in [-0.25, -0.2) is 9.97 Å². The molecule has 1 aliphatic rings. The maximum atomic E-state index is 5.98. The number of hydrogen-bond acceptors (Lipinski definition) is 3. The average molecular weight is 281 g/mol. The van der Waals surface area contributed by atoms with Gasteiger partial charge in [-0.15, -0.1) is 0 Å². The monoisotopic (exact) mass is 280 g/mol. The first-order valence-corrected chi connectivity index (χ1v) is 6.34. The SMILES string of the molecule is Nc1nc2cc(Br)cnc2n1C1CCCC1. The van der Waals surface area contributed by atoms with Crippen molar-refractivity contribution in [3.05, 3.63) is 16.7 Å². The summed E-state index contributed by atoms with van der Waals surface area (Å²) in [5, 5.41) is 0. The van der Waals surface area contributed by atoms with Crippen molar-refractivity contribution in [3.8, 4) is 0 Å². The van der Waals surface area contributed by atoms with Crippen LogP contribution >= 0.6 is 15.9 Å². The summed E-state index contributed by atoms with van der Waals surface area (Å²) >= 11 is 3.40. The number of pyridine rings is 1. The Hall–Kier alpha value is -1.10. The molecule has 1 aliphatic carbocycles. The Balaban J connectivity index is 2.18. The molecule has 16 heavy (non-hydrogen) atoms. The molecule has 0 radical (unpaired) electrons. The van der Waals surface area contributed by atoms with Crippen LogP contribution in [0.2, 0.25) is 0 Å². The highest BCUT2D eigenvalue weighted by atomic mass is 79.9. The molecular formula is C11H13BrN4. The molecule has 3 rings (SSSR count). The van der Waals surface area contributed by atoms with E-state index in [2.05, 4.69) is 30.5 Å². The third-order valence-electron chi connectivity index (χ3n) is 3.21. The molecule has 4 nitrogen and oxygen atoms in total. The molecule has 0 aliphatic heterocycles. The van der Waals surface area contributed by atoms with Gasteiger partial charge in [-0.05, 0) is 34.8 Å². The molecule has 0 bridgehead atoms. The summed E-state index contributed by atoms with van der Waals surface area (Å²) in [5.41, 5.74) is 7.76. The van der Waals surface area contributed by atoms with Crippen LogP contribution < -0.4 is 5.73 Å². The van der Waals surface area contributed by atoms with Crippen LogP contribution in [0.1, 0.15) is 31.7 Å². The summed E-state index contributed by atoms with van der Waals surface area (Å²) in [6, 6.07) is 2.45. The van der Waals surface area contributed by atoms with E-state index in [9.17, 15) is 0 Å². The molecule has 1 fully saturated rings. The summed E-state index contributed by atoms with van der Waals surface area (Å²) in [7, 11) is 0. The predicted octanol–water partition coefficient (Wildman–Crippen LogP) is 2.89. The number of halogens is 1. The van der Waals surface area contributed by atoms with Gasteiger partial charge in [-0.3, -0.25) is 4.57 Å². The molecule has 0 saturated heterocycles. The Labute approximate surface area is 102 Å². The number of nitrogens with zero attached hydrogens (tertiary/aromatic N) is 3. The smallest absolute Gasteiger partial charge is 0.202 e. The Morgan fingerprint density at radius 3 is 2.88 bits per heavy atom. The fraction of sp³-hybridized carbons (Fsp3) is 0.455. The number of rotatable bonds is 1. The lowest BCUT2D eigenvalue weighted by Crippen LogP contribution is -2.09. The van der Waals surface area contributed by atoms with Crippen molar-refractivity contribution in [1.29, 1.82) is 0 Å². The van der Waals surface area contributed by atoms with Crippen molar-refractivity contribution in [2.75, 3.05) is 5.73 Å². The van der Waals surface area contributed by atoms with E-state index in [0.717, 1.165) is 15.6 Å². The molecule has 2 aromatic rings. The lowest BCUT2D eigenvalue weighted by Gasteiger charge is -2.13. The first kappa shape index (κ1) is 10.1. The van der Waals surface area contributed by atoms with Gasteiger partial charge in [0.05, 0.1) is 0 Å². The van der Waals surface area contributed by atoms with Crippen LogP contribution in [0.3, 0.4) is 0 Å². The summed E-state index contributed by atoms with van der Waals surface area (Å²) in [6.07, 6.45) is 6.73. The van der Waals surface area contributed by atoms with Crippen LogP contribution in [-0.4, -0.2) is 14.5 Å². The van der Waals surface area contributed by atoms with Crippen molar-refractivity contribution < 1.29 is 0 Å². The second-order valence-corrected chi connectivity index (χ2v) is 5.19. The molecule has 0 aromatic carbocycles. The fourth-order valence-electron chi connectivity index (χ4n) is 2.50. The number of aromatic nitrogens is 3. The standard InChI is InChI=1S/C11H13BrN4/c12-7-5-9-10(14-6-7)16(11(13)15-9)8-3-1-2-4-8/h5-6,8H,1-4H2,(H2,13,15). The molecule has 0 unspecified atom stereocenters. The Bertz CT molecular complexity index is 528. The zero-order chi connectivity index (χ0) is 11.1. The van der Waals surface area contributed by atoms with Gasteiger partial charge in [0.15, 0.2) is 5.65 Å². The maximum absolute atomic E-state index is 5.98. The first-order chi connectivity index (χ1) is 7.75. The predicted molar refractivity (Wildman–Crippen MR) is 67.1 cm³/mol. The molecule has 2 heterocycles. The van der Waals surface area contributed by atoms with E-state index in [-0.39, 0.29) is 0 Å². The van der Waals surface area contributed by atoms with Crippen LogP contribution in [-0.2, 0) is 0 Å². The largest absolute Gasteiger partial charge is 0.369 e. The van der Waals surface area contributed by atoms with E-state index in [4.69, 9.17) is 5.73 Å². The maximum Gasteiger partial charge on any atom is 0.202 e. The third kappa shape index (κ3) is 1.50. The number of imidazole rings is 1. The molecule has 2 N–H and O–H groups in total. The van der Waals surface area contributed by atoms with Gasteiger partial charge in [0.2, 0.25) is 5.95 Å². The van der Waals surface area contributed by atoms with Gasteiger partial charge >= 0.3 is 0 Å². The van der Waals surface area contributed by atoms with Crippen LogP contribution in [0.15, 0.2) is 16.7 Å². The van der Waals surface area contributed by atoms with E-state index in [1.54, 1.807) is 6.20 Å². The van der Waals surface area contributed by atoms with E-state index < -0.39 is 0 Å². The van der Waals surface area contributed by atoms with Crippen LogP contribution in [0, 0.1) is 0 Å². The lowest BCUT2D eigenvalue weighted by molar-refractivity contribution is 0.536. The minimum Gasteiger partial charge on any atom is -0.369 e. The van der Waals surface area contributed by atoms with Crippen molar-refractivity contribution in [2.45, 2.75) is 31.7 Å². The van der Waals surface area contributed by atoms with Crippen LogP contribution in [0.4, 0.5) is 5.95 Å². The number of anilines is 1. The molecule has 84 valence electrons. The molecule has 5 heteroatoms. The summed E-state index contributed by atoms with van der Waals surface area (Å²) < 4.78 is 3.03. The van der Waals surface area contributed by atoms with E-state index in [1.165, 1.54) is 25.7 Å². The highest BCUT2D eigenvalue weighted by Crippen LogP contribution is 2.34. The van der Waals surface area contributed by atoms with Crippen molar-refractivity contribution in [3.63, 3.8) is 0 Å². The third-order valence-corrected chi connectivity index (χ3v) is 3.65. The molecule has 0 amide bonds. The summed E-state index contributed by atoms with van der Waals surface area (Å²) in [5.74, 6) is 0.590. The number of nitrogens with two attached hydrogens (primary N) is 1. The molecular weight excluding hydrogens is 268 g/mol. The van der Waals surface area contributed by atoms with Crippen LogP contribution in [0.25, 0.3) is 11.2 Å². The van der Waals surface area contributed by atoms with E-state index in [0.29, 0.717) is 12.0 Å². The second-order valence-electron chi connectivity index (χ2n) is 4.27. The molecule has 0 atom stereocenters. The normalized spacial score (nSPS) is 17.3. The highest BCUT2D eigenvalue weighted by molar-refractivity contribution is 9.10. The quantitative estimate of drug-likeness (QED) is 0.874. The molecule has 2 aromatic heterocycles. The zero-order valence-corrected chi connectivity index (χ0v) is 10.4. The Kier molecular flexibility index (Phi) is 2.35. The Morgan fingerprint density at radius 1 is 1.38 bits per heavy atom. The van der Waals surface area contributed by atoms with Gasteiger partial charge in [0.1, 0.15) is 5.52 Å². The summed E-state index contributed by atoms with van der Waals surface area (Å²) in [6.45, 7) is 0. The number of fused-ring (bicyclic) bond motifs is 1. The first-order valence-electron chi connectivity index (χ1n) is 5.54. The van der Waals surface area contributed by atoms with Gasteiger partial charge in [0, 0.05) is 16.7 Å². The number of hydrogen-bond donors (Lipinski definition) is 1. The topological polar surface area (TPSA) is 56.7 Å². The van der Waals surface area contributed by atoms with E-state index >= 15 is 0 Å². The van der Waals surface area contributed by atoms with Gasteiger partial charge in [0.25, 0.3) is 0 Å².